The van der Waals surface area contributed by atoms with Gasteiger partial charge in [0.15, 0.2) is 0 Å². The quantitative estimate of drug-likeness (QED) is 0.459. The van der Waals surface area contributed by atoms with Gasteiger partial charge in [0.05, 0.1) is 21.1 Å². The highest BCUT2D eigenvalue weighted by Gasteiger charge is 2.44. The molecule has 0 fully saturated rings. The first-order valence-corrected chi connectivity index (χ1v) is 5.78. The van der Waals surface area contributed by atoms with Gasteiger partial charge >= 0.3 is 8.80 Å². The summed E-state index contributed by atoms with van der Waals surface area (Å²) in [4.78, 5) is 0. The van der Waals surface area contributed by atoms with Crippen molar-refractivity contribution in [2.75, 3.05) is 48.6 Å². The zero-order chi connectivity index (χ0) is 9.83. The third-order valence-corrected chi connectivity index (χ3v) is 4.80. The lowest BCUT2D eigenvalue weighted by atomic mass is 10.8. The summed E-state index contributed by atoms with van der Waals surface area (Å²) < 4.78 is 16.7. The highest BCUT2D eigenvalue weighted by Crippen LogP contribution is 2.09. The first kappa shape index (κ1) is 12.1. The summed E-state index contributed by atoms with van der Waals surface area (Å²) in [5, 5.41) is 0. The molecule has 0 amide bonds. The lowest BCUT2D eigenvalue weighted by molar-refractivity contribution is -0.862. The van der Waals surface area contributed by atoms with Gasteiger partial charge in [-0.3, -0.25) is 0 Å². The van der Waals surface area contributed by atoms with Crippen LogP contribution in [0.3, 0.4) is 0 Å². The third-order valence-electron chi connectivity index (χ3n) is 1.60. The first-order valence-electron chi connectivity index (χ1n) is 3.85. The first-order chi connectivity index (χ1) is 5.39. The van der Waals surface area contributed by atoms with Crippen LogP contribution in [-0.4, -0.2) is 61.9 Å². The molecule has 0 aliphatic carbocycles. The average Bonchev–Trinajstić information content (AvgIpc) is 1.99. The Morgan fingerprint density at radius 2 is 1.25 bits per heavy atom. The molecule has 74 valence electrons. The Bertz CT molecular complexity index is 123. The third kappa shape index (κ3) is 3.64. The second kappa shape index (κ2) is 4.34. The molecule has 0 aromatic rings. The van der Waals surface area contributed by atoms with Crippen molar-refractivity contribution in [1.29, 1.82) is 0 Å². The molecular weight excluding hydrogens is 174 g/mol. The Labute approximate surface area is 76.0 Å². The van der Waals surface area contributed by atoms with Gasteiger partial charge in [0.2, 0.25) is 0 Å². The van der Waals surface area contributed by atoms with Crippen molar-refractivity contribution in [1.82, 2.24) is 0 Å². The van der Waals surface area contributed by atoms with Gasteiger partial charge in [0, 0.05) is 21.3 Å². The molecule has 0 aliphatic heterocycles. The van der Waals surface area contributed by atoms with Crippen LogP contribution in [0, 0.1) is 0 Å². The second-order valence-corrected chi connectivity index (χ2v) is 6.65. The highest BCUT2D eigenvalue weighted by atomic mass is 28.4. The summed E-state index contributed by atoms with van der Waals surface area (Å²) in [6.07, 6.45) is 0.774. The maximum Gasteiger partial charge on any atom is 0.558 e. The number of rotatable bonds is 5. The summed E-state index contributed by atoms with van der Waals surface area (Å²) in [6, 6.07) is 0. The van der Waals surface area contributed by atoms with E-state index in [1.54, 1.807) is 21.3 Å². The van der Waals surface area contributed by atoms with Crippen LogP contribution in [0.15, 0.2) is 0 Å². The molecule has 0 aliphatic rings. The van der Waals surface area contributed by atoms with Gasteiger partial charge in [-0.15, -0.1) is 0 Å². The lowest BCUT2D eigenvalue weighted by Crippen LogP contribution is -2.57. The van der Waals surface area contributed by atoms with E-state index in [1.165, 1.54) is 0 Å². The Balaban J connectivity index is 4.30. The molecule has 0 spiro atoms. The fourth-order valence-corrected chi connectivity index (χ4v) is 3.07. The summed E-state index contributed by atoms with van der Waals surface area (Å²) in [7, 11) is 8.77. The van der Waals surface area contributed by atoms with Crippen LogP contribution in [-0.2, 0) is 13.3 Å². The molecule has 5 heteroatoms. The van der Waals surface area contributed by atoms with E-state index in [1.807, 2.05) is 0 Å². The molecule has 0 saturated heterocycles. The molecule has 4 nitrogen and oxygen atoms in total. The molecule has 0 radical (unpaired) electrons. The van der Waals surface area contributed by atoms with E-state index in [9.17, 15) is 0 Å². The van der Waals surface area contributed by atoms with Gasteiger partial charge < -0.3 is 17.8 Å². The van der Waals surface area contributed by atoms with Crippen LogP contribution in [0.1, 0.15) is 0 Å². The van der Waals surface area contributed by atoms with Crippen LogP contribution in [0.25, 0.3) is 0 Å². The van der Waals surface area contributed by atoms with Gasteiger partial charge in [-0.1, -0.05) is 0 Å². The van der Waals surface area contributed by atoms with Crippen molar-refractivity contribution in [2.24, 2.45) is 0 Å². The largest absolute Gasteiger partial charge is 0.558 e. The van der Waals surface area contributed by atoms with Crippen molar-refractivity contribution >= 4 is 8.80 Å². The Hall–Kier alpha value is 0.0569. The Kier molecular flexibility index (Phi) is 4.36. The van der Waals surface area contributed by atoms with Gasteiger partial charge in [-0.25, -0.2) is 0 Å². The Morgan fingerprint density at radius 3 is 1.33 bits per heavy atom. The molecule has 0 atom stereocenters. The van der Waals surface area contributed by atoms with Crippen molar-refractivity contribution in [2.45, 2.75) is 0 Å². The number of hydrogen-bond acceptors (Lipinski definition) is 3. The fourth-order valence-electron chi connectivity index (χ4n) is 1.02. The summed E-state index contributed by atoms with van der Waals surface area (Å²) >= 11 is 0. The van der Waals surface area contributed by atoms with Crippen LogP contribution in [0.4, 0.5) is 0 Å². The smallest absolute Gasteiger partial charge is 0.374 e. The molecular formula is C7H20NO3Si+. The van der Waals surface area contributed by atoms with E-state index in [2.05, 4.69) is 21.1 Å². The molecule has 0 unspecified atom stereocenters. The van der Waals surface area contributed by atoms with Crippen molar-refractivity contribution in [3.8, 4) is 0 Å². The molecule has 0 rings (SSSR count). The average molecular weight is 194 g/mol. The number of nitrogens with zero attached hydrogens (tertiary/aromatic N) is 1. The van der Waals surface area contributed by atoms with Crippen LogP contribution in [0.2, 0.25) is 0 Å². The summed E-state index contributed by atoms with van der Waals surface area (Å²) in [6.45, 7) is 0. The van der Waals surface area contributed by atoms with E-state index >= 15 is 0 Å². The topological polar surface area (TPSA) is 27.7 Å². The zero-order valence-corrected chi connectivity index (χ0v) is 9.88. The fraction of sp³-hybridized carbons (Fsp3) is 1.00. The monoisotopic (exact) mass is 194 g/mol. The number of quaternary nitrogens is 1. The maximum absolute atomic E-state index is 5.29. The van der Waals surface area contributed by atoms with Gasteiger partial charge in [-0.05, 0) is 0 Å². The minimum atomic E-state index is -2.38. The molecule has 0 aromatic heterocycles. The normalized spacial score (nSPS) is 13.5. The molecule has 0 heterocycles. The molecule has 12 heavy (non-hydrogen) atoms. The minimum absolute atomic E-state index is 0.774. The predicted octanol–water partition coefficient (Wildman–Crippen LogP) is 0.110. The van der Waals surface area contributed by atoms with Crippen LogP contribution >= 0.6 is 0 Å². The minimum Gasteiger partial charge on any atom is -0.374 e. The standard InChI is InChI=1S/C7H20NO3Si/c1-8(2,3)7-12(9-4,10-5)11-6/h7H2,1-6H3/q+1. The number of hydrogen-bond donors (Lipinski definition) is 0. The van der Waals surface area contributed by atoms with E-state index in [4.69, 9.17) is 13.3 Å². The van der Waals surface area contributed by atoms with Gasteiger partial charge in [0.1, 0.15) is 6.17 Å². The predicted molar refractivity (Wildman–Crippen MR) is 49.7 cm³/mol. The van der Waals surface area contributed by atoms with E-state index in [0.717, 1.165) is 10.7 Å². The van der Waals surface area contributed by atoms with Crippen molar-refractivity contribution in [3.05, 3.63) is 0 Å². The van der Waals surface area contributed by atoms with Crippen molar-refractivity contribution in [3.63, 3.8) is 0 Å². The second-order valence-electron chi connectivity index (χ2n) is 3.74. The molecule has 0 bridgehead atoms. The highest BCUT2D eigenvalue weighted by molar-refractivity contribution is 6.60. The zero-order valence-electron chi connectivity index (χ0n) is 8.88. The Morgan fingerprint density at radius 1 is 0.917 bits per heavy atom. The van der Waals surface area contributed by atoms with Crippen LogP contribution < -0.4 is 0 Å². The van der Waals surface area contributed by atoms with E-state index in [0.29, 0.717) is 0 Å². The van der Waals surface area contributed by atoms with Gasteiger partial charge in [0.25, 0.3) is 0 Å². The lowest BCUT2D eigenvalue weighted by Gasteiger charge is -2.32. The van der Waals surface area contributed by atoms with E-state index in [-0.39, 0.29) is 0 Å². The summed E-state index contributed by atoms with van der Waals surface area (Å²) in [5.41, 5.74) is 0. The van der Waals surface area contributed by atoms with Gasteiger partial charge in [-0.2, -0.15) is 0 Å². The molecule has 0 N–H and O–H groups in total. The maximum atomic E-state index is 5.29. The molecule has 0 saturated carbocycles. The summed E-state index contributed by atoms with van der Waals surface area (Å²) in [5.74, 6) is 0. The molecule has 0 aromatic carbocycles. The van der Waals surface area contributed by atoms with Crippen molar-refractivity contribution < 1.29 is 17.8 Å². The van der Waals surface area contributed by atoms with E-state index < -0.39 is 8.80 Å². The SMILES string of the molecule is CO[Si](C[N+](C)(C)C)(OC)OC. The van der Waals surface area contributed by atoms with Crippen LogP contribution in [0.5, 0.6) is 0 Å².